The van der Waals surface area contributed by atoms with Crippen molar-refractivity contribution in [2.45, 2.75) is 43.8 Å². The van der Waals surface area contributed by atoms with Gasteiger partial charge in [-0.25, -0.2) is 0 Å². The Balaban J connectivity index is 2.03. The van der Waals surface area contributed by atoms with Gasteiger partial charge in [-0.3, -0.25) is 0 Å². The van der Waals surface area contributed by atoms with Gasteiger partial charge < -0.3 is 14.7 Å². The molecule has 0 saturated carbocycles. The van der Waals surface area contributed by atoms with E-state index >= 15 is 0 Å². The van der Waals surface area contributed by atoms with Gasteiger partial charge in [0.25, 0.3) is 0 Å². The molecule has 3 rings (SSSR count). The van der Waals surface area contributed by atoms with E-state index in [1.165, 1.54) is 24.3 Å². The Morgan fingerprint density at radius 3 is 1.97 bits per heavy atom. The van der Waals surface area contributed by atoms with E-state index in [1.807, 2.05) is 6.92 Å². The molecule has 0 aromatic heterocycles. The molecule has 0 heterocycles. The van der Waals surface area contributed by atoms with Crippen molar-refractivity contribution >= 4 is 5.69 Å². The number of halogens is 10. The zero-order valence-corrected chi connectivity index (χ0v) is 20.0. The minimum Gasteiger partial charge on any atom is -0.457 e. The summed E-state index contributed by atoms with van der Waals surface area (Å²) in [6.45, 7) is -0.423. The maximum atomic E-state index is 14.6. The molecule has 1 unspecified atom stereocenters. The van der Waals surface area contributed by atoms with E-state index in [4.69, 9.17) is 4.74 Å². The van der Waals surface area contributed by atoms with Gasteiger partial charge in [-0.2, -0.15) is 43.9 Å². The van der Waals surface area contributed by atoms with E-state index in [2.05, 4.69) is 0 Å². The van der Waals surface area contributed by atoms with Crippen LogP contribution in [0.15, 0.2) is 72.8 Å². The summed E-state index contributed by atoms with van der Waals surface area (Å²) < 4.78 is 140. The molecule has 1 atom stereocenters. The van der Waals surface area contributed by atoms with Crippen LogP contribution in [0.3, 0.4) is 0 Å². The minimum atomic E-state index is -6.61. The van der Waals surface area contributed by atoms with E-state index in [-0.39, 0.29) is 11.4 Å². The highest BCUT2D eigenvalue weighted by atomic mass is 19.4. The molecule has 3 nitrogen and oxygen atoms in total. The first-order valence-corrected chi connectivity index (χ1v) is 11.2. The second-order valence-electron chi connectivity index (χ2n) is 8.65. The lowest BCUT2D eigenvalue weighted by Crippen LogP contribution is -2.50. The number of alkyl halides is 10. The summed E-state index contributed by atoms with van der Waals surface area (Å²) in [6.07, 6.45) is -14.8. The highest BCUT2D eigenvalue weighted by Crippen LogP contribution is 2.52. The zero-order valence-electron chi connectivity index (χ0n) is 20.0. The quantitative estimate of drug-likeness (QED) is 0.265. The third kappa shape index (κ3) is 6.75. The van der Waals surface area contributed by atoms with Gasteiger partial charge >= 0.3 is 24.2 Å². The van der Waals surface area contributed by atoms with Crippen LogP contribution in [0.2, 0.25) is 0 Å². The molecular weight excluding hydrogens is 548 g/mol. The Morgan fingerprint density at radius 2 is 1.38 bits per heavy atom. The summed E-state index contributed by atoms with van der Waals surface area (Å²) >= 11 is 0. The van der Waals surface area contributed by atoms with Crippen molar-refractivity contribution in [3.63, 3.8) is 0 Å². The largest absolute Gasteiger partial charge is 0.460 e. The van der Waals surface area contributed by atoms with Crippen LogP contribution in [-0.4, -0.2) is 36.0 Å². The van der Waals surface area contributed by atoms with Crippen LogP contribution in [0, 0.1) is 6.92 Å². The molecule has 0 saturated heterocycles. The molecule has 3 aromatic rings. The average Bonchev–Trinajstić information content (AvgIpc) is 2.84. The smallest absolute Gasteiger partial charge is 0.457 e. The first-order chi connectivity index (χ1) is 17.9. The highest BCUT2D eigenvalue weighted by Gasteiger charge is 2.73. The van der Waals surface area contributed by atoms with Crippen molar-refractivity contribution in [2.75, 3.05) is 11.4 Å². The molecule has 13 heteroatoms. The number of aryl methyl sites for hydroxylation is 1. The molecule has 0 aliphatic rings. The van der Waals surface area contributed by atoms with Gasteiger partial charge in [0, 0.05) is 23.9 Å². The maximum absolute atomic E-state index is 14.6. The summed E-state index contributed by atoms with van der Waals surface area (Å²) in [6, 6.07) is 14.8. The number of ether oxygens (including phenoxy) is 1. The molecule has 0 amide bonds. The molecule has 39 heavy (non-hydrogen) atoms. The van der Waals surface area contributed by atoms with Gasteiger partial charge in [-0.1, -0.05) is 48.0 Å². The summed E-state index contributed by atoms with van der Waals surface area (Å²) in [5.74, 6) is -11.8. The number of rotatable bonds is 9. The molecule has 212 valence electrons. The van der Waals surface area contributed by atoms with E-state index < -0.39 is 54.5 Å². The van der Waals surface area contributed by atoms with Crippen LogP contribution in [0.5, 0.6) is 11.5 Å². The van der Waals surface area contributed by atoms with Crippen molar-refractivity contribution in [2.24, 2.45) is 0 Å². The van der Waals surface area contributed by atoms with Crippen molar-refractivity contribution in [1.29, 1.82) is 0 Å². The first-order valence-electron chi connectivity index (χ1n) is 11.2. The second-order valence-corrected chi connectivity index (χ2v) is 8.65. The number of hydrogen-bond donors (Lipinski definition) is 1. The zero-order chi connectivity index (χ0) is 29.2. The SMILES string of the molecule is Cc1ccc(Oc2cccc(N(Cc3ccccc3C(F)(F)C(F)(F)C(F)(F)F)CC(O)C(F)(F)F)c2)cc1. The van der Waals surface area contributed by atoms with E-state index in [1.54, 1.807) is 24.3 Å². The molecule has 0 spiro atoms. The summed E-state index contributed by atoms with van der Waals surface area (Å²) in [7, 11) is 0. The number of hydrogen-bond acceptors (Lipinski definition) is 3. The van der Waals surface area contributed by atoms with E-state index in [0.717, 1.165) is 28.7 Å². The van der Waals surface area contributed by atoms with Gasteiger partial charge in [0.05, 0.1) is 6.54 Å². The maximum Gasteiger partial charge on any atom is 0.460 e. The molecule has 0 aliphatic heterocycles. The van der Waals surface area contributed by atoms with Crippen LogP contribution in [0.1, 0.15) is 16.7 Å². The van der Waals surface area contributed by atoms with Crippen LogP contribution in [0.4, 0.5) is 49.6 Å². The second kappa shape index (κ2) is 10.9. The minimum absolute atomic E-state index is 0.0880. The van der Waals surface area contributed by atoms with E-state index in [0.29, 0.717) is 11.8 Å². The topological polar surface area (TPSA) is 32.7 Å². The number of aliphatic hydroxyl groups excluding tert-OH is 1. The van der Waals surface area contributed by atoms with Crippen molar-refractivity contribution in [3.8, 4) is 11.5 Å². The third-order valence-corrected chi connectivity index (χ3v) is 5.68. The highest BCUT2D eigenvalue weighted by molar-refractivity contribution is 5.53. The average molecular weight is 569 g/mol. The van der Waals surface area contributed by atoms with Gasteiger partial charge in [-0.05, 0) is 36.8 Å². The van der Waals surface area contributed by atoms with Crippen LogP contribution in [-0.2, 0) is 12.5 Å². The fourth-order valence-corrected chi connectivity index (χ4v) is 3.58. The summed E-state index contributed by atoms with van der Waals surface area (Å²) in [5, 5.41) is 9.68. The fraction of sp³-hybridized carbons (Fsp3) is 0.308. The number of anilines is 1. The molecule has 1 N–H and O–H groups in total. The predicted octanol–water partition coefficient (Wildman–Crippen LogP) is 8.01. The monoisotopic (exact) mass is 569 g/mol. The van der Waals surface area contributed by atoms with Crippen LogP contribution < -0.4 is 9.64 Å². The molecule has 0 aliphatic carbocycles. The molecule has 0 fully saturated rings. The predicted molar refractivity (Wildman–Crippen MR) is 122 cm³/mol. The number of benzene rings is 3. The molecular formula is C26H21F10NO2. The lowest BCUT2D eigenvalue weighted by atomic mass is 9.96. The summed E-state index contributed by atoms with van der Waals surface area (Å²) in [4.78, 5) is 0.723. The van der Waals surface area contributed by atoms with Crippen molar-refractivity contribution < 1.29 is 53.7 Å². The number of nitrogens with zero attached hydrogens (tertiary/aromatic N) is 1. The molecule has 0 bridgehead atoms. The Labute approximate surface area is 216 Å². The van der Waals surface area contributed by atoms with Gasteiger partial charge in [0.2, 0.25) is 0 Å². The van der Waals surface area contributed by atoms with Gasteiger partial charge in [0.1, 0.15) is 11.5 Å². The van der Waals surface area contributed by atoms with Crippen molar-refractivity contribution in [3.05, 3.63) is 89.5 Å². The Morgan fingerprint density at radius 1 is 0.769 bits per heavy atom. The molecule has 0 radical (unpaired) electrons. The first kappa shape index (κ1) is 30.1. The normalized spacial score (nSPS) is 13.7. The lowest BCUT2D eigenvalue weighted by Gasteiger charge is -2.32. The van der Waals surface area contributed by atoms with Crippen LogP contribution >= 0.6 is 0 Å². The third-order valence-electron chi connectivity index (χ3n) is 5.68. The van der Waals surface area contributed by atoms with E-state index in [9.17, 15) is 49.0 Å². The Kier molecular flexibility index (Phi) is 8.44. The number of aliphatic hydroxyl groups is 1. The fourth-order valence-electron chi connectivity index (χ4n) is 3.58. The van der Waals surface area contributed by atoms with Crippen LogP contribution in [0.25, 0.3) is 0 Å². The standard InChI is InChI=1S/C26H21F10NO2/c1-16-9-11-19(12-10-16)39-20-7-4-6-18(13-20)37(15-22(38)24(29,30)31)14-17-5-2-3-8-21(17)23(27,28)25(32,33)26(34,35)36/h2-13,22,38H,14-15H2,1H3. The van der Waals surface area contributed by atoms with Gasteiger partial charge in [-0.15, -0.1) is 0 Å². The Hall–Kier alpha value is -3.48. The molecule has 3 aromatic carbocycles. The summed E-state index contributed by atoms with van der Waals surface area (Å²) in [5.41, 5.74) is -1.75. The lowest BCUT2D eigenvalue weighted by molar-refractivity contribution is -0.359. The Bertz CT molecular complexity index is 1260. The van der Waals surface area contributed by atoms with Gasteiger partial charge in [0.15, 0.2) is 6.10 Å². The van der Waals surface area contributed by atoms with Crippen molar-refractivity contribution in [1.82, 2.24) is 0 Å².